The first kappa shape index (κ1) is 10.9. The van der Waals surface area contributed by atoms with Crippen LogP contribution in [0, 0.1) is 0 Å². The van der Waals surface area contributed by atoms with Gasteiger partial charge in [0, 0.05) is 18.2 Å². The SMILES string of the molecule is CC(C)(C)Nc1ccnc(CCN)n1. The molecule has 0 aromatic carbocycles. The highest BCUT2D eigenvalue weighted by molar-refractivity contribution is 5.35. The molecule has 0 saturated heterocycles. The van der Waals surface area contributed by atoms with Gasteiger partial charge in [-0.3, -0.25) is 0 Å². The number of rotatable bonds is 3. The highest BCUT2D eigenvalue weighted by Crippen LogP contribution is 2.10. The minimum atomic E-state index is 0.0222. The quantitative estimate of drug-likeness (QED) is 0.758. The molecular weight excluding hydrogens is 176 g/mol. The van der Waals surface area contributed by atoms with E-state index in [1.807, 2.05) is 6.07 Å². The van der Waals surface area contributed by atoms with E-state index in [0.29, 0.717) is 6.54 Å². The van der Waals surface area contributed by atoms with Gasteiger partial charge in [-0.2, -0.15) is 0 Å². The molecule has 0 amide bonds. The fraction of sp³-hybridized carbons (Fsp3) is 0.600. The van der Waals surface area contributed by atoms with Gasteiger partial charge in [-0.05, 0) is 33.4 Å². The molecule has 14 heavy (non-hydrogen) atoms. The third-order valence-electron chi connectivity index (χ3n) is 1.58. The van der Waals surface area contributed by atoms with Crippen LogP contribution in [-0.4, -0.2) is 22.1 Å². The lowest BCUT2D eigenvalue weighted by Crippen LogP contribution is -2.27. The fourth-order valence-electron chi connectivity index (χ4n) is 1.10. The first-order chi connectivity index (χ1) is 6.51. The lowest BCUT2D eigenvalue weighted by atomic mass is 10.1. The molecule has 1 heterocycles. The molecule has 0 unspecified atom stereocenters. The molecule has 1 aromatic heterocycles. The van der Waals surface area contributed by atoms with Gasteiger partial charge in [0.1, 0.15) is 11.6 Å². The summed E-state index contributed by atoms with van der Waals surface area (Å²) in [6.07, 6.45) is 2.48. The van der Waals surface area contributed by atoms with E-state index in [4.69, 9.17) is 5.73 Å². The Morgan fingerprint density at radius 2 is 2.14 bits per heavy atom. The molecule has 1 rings (SSSR count). The van der Waals surface area contributed by atoms with Crippen molar-refractivity contribution in [2.24, 2.45) is 5.73 Å². The Hall–Kier alpha value is -1.16. The van der Waals surface area contributed by atoms with Crippen molar-refractivity contribution in [2.75, 3.05) is 11.9 Å². The fourth-order valence-corrected chi connectivity index (χ4v) is 1.10. The molecule has 0 spiro atoms. The second-order valence-electron chi connectivity index (χ2n) is 4.27. The maximum atomic E-state index is 5.44. The van der Waals surface area contributed by atoms with Crippen molar-refractivity contribution in [1.29, 1.82) is 0 Å². The number of nitrogens with two attached hydrogens (primary N) is 1. The number of hydrogen-bond donors (Lipinski definition) is 2. The van der Waals surface area contributed by atoms with E-state index in [-0.39, 0.29) is 5.54 Å². The maximum Gasteiger partial charge on any atom is 0.131 e. The number of nitrogens with zero attached hydrogens (tertiary/aromatic N) is 2. The number of aromatic nitrogens is 2. The summed E-state index contributed by atoms with van der Waals surface area (Å²) in [5.41, 5.74) is 5.46. The second kappa shape index (κ2) is 4.37. The van der Waals surface area contributed by atoms with Crippen LogP contribution in [0.25, 0.3) is 0 Å². The molecule has 78 valence electrons. The highest BCUT2D eigenvalue weighted by Gasteiger charge is 2.10. The zero-order chi connectivity index (χ0) is 10.6. The van der Waals surface area contributed by atoms with Crippen LogP contribution >= 0.6 is 0 Å². The van der Waals surface area contributed by atoms with Crippen LogP contribution in [0.5, 0.6) is 0 Å². The Labute approximate surface area is 85.0 Å². The van der Waals surface area contributed by atoms with E-state index in [1.165, 1.54) is 0 Å². The molecule has 0 atom stereocenters. The number of nitrogens with one attached hydrogen (secondary N) is 1. The molecule has 4 nitrogen and oxygen atoms in total. The Bertz CT molecular complexity index is 290. The molecule has 0 fully saturated rings. The monoisotopic (exact) mass is 194 g/mol. The maximum absolute atomic E-state index is 5.44. The van der Waals surface area contributed by atoms with Gasteiger partial charge in [0.25, 0.3) is 0 Å². The van der Waals surface area contributed by atoms with Gasteiger partial charge in [0.05, 0.1) is 0 Å². The van der Waals surface area contributed by atoms with Gasteiger partial charge in [-0.25, -0.2) is 9.97 Å². The Kier molecular flexibility index (Phi) is 3.41. The number of anilines is 1. The molecular formula is C10H18N4. The zero-order valence-electron chi connectivity index (χ0n) is 9.04. The van der Waals surface area contributed by atoms with E-state index in [2.05, 4.69) is 36.1 Å². The summed E-state index contributed by atoms with van der Waals surface area (Å²) < 4.78 is 0. The summed E-state index contributed by atoms with van der Waals surface area (Å²) in [5, 5.41) is 3.29. The normalized spacial score (nSPS) is 11.4. The lowest BCUT2D eigenvalue weighted by Gasteiger charge is -2.21. The largest absolute Gasteiger partial charge is 0.365 e. The predicted octanol–water partition coefficient (Wildman–Crippen LogP) is 1.19. The summed E-state index contributed by atoms with van der Waals surface area (Å²) in [6.45, 7) is 6.87. The van der Waals surface area contributed by atoms with E-state index in [9.17, 15) is 0 Å². The third-order valence-corrected chi connectivity index (χ3v) is 1.58. The van der Waals surface area contributed by atoms with Gasteiger partial charge < -0.3 is 11.1 Å². The van der Waals surface area contributed by atoms with Gasteiger partial charge in [0.15, 0.2) is 0 Å². The van der Waals surface area contributed by atoms with Gasteiger partial charge in [0.2, 0.25) is 0 Å². The van der Waals surface area contributed by atoms with Crippen molar-refractivity contribution in [3.8, 4) is 0 Å². The van der Waals surface area contributed by atoms with Crippen molar-refractivity contribution in [1.82, 2.24) is 9.97 Å². The summed E-state index contributed by atoms with van der Waals surface area (Å²) in [7, 11) is 0. The van der Waals surface area contributed by atoms with Crippen LogP contribution in [0.1, 0.15) is 26.6 Å². The Balaban J connectivity index is 2.73. The zero-order valence-corrected chi connectivity index (χ0v) is 9.04. The molecule has 0 aliphatic rings. The van der Waals surface area contributed by atoms with Crippen molar-refractivity contribution in [3.63, 3.8) is 0 Å². The average Bonchev–Trinajstić information content (AvgIpc) is 2.02. The van der Waals surface area contributed by atoms with E-state index < -0.39 is 0 Å². The van der Waals surface area contributed by atoms with Crippen LogP contribution < -0.4 is 11.1 Å². The smallest absolute Gasteiger partial charge is 0.131 e. The van der Waals surface area contributed by atoms with Crippen LogP contribution in [0.2, 0.25) is 0 Å². The number of hydrogen-bond acceptors (Lipinski definition) is 4. The topological polar surface area (TPSA) is 63.8 Å². The minimum Gasteiger partial charge on any atom is -0.365 e. The molecule has 0 radical (unpaired) electrons. The first-order valence-electron chi connectivity index (χ1n) is 4.81. The summed E-state index contributed by atoms with van der Waals surface area (Å²) >= 11 is 0. The van der Waals surface area contributed by atoms with Crippen LogP contribution in [-0.2, 0) is 6.42 Å². The van der Waals surface area contributed by atoms with E-state index >= 15 is 0 Å². The molecule has 0 saturated carbocycles. The van der Waals surface area contributed by atoms with Crippen molar-refractivity contribution in [2.45, 2.75) is 32.7 Å². The van der Waals surface area contributed by atoms with Crippen molar-refractivity contribution < 1.29 is 0 Å². The summed E-state index contributed by atoms with van der Waals surface area (Å²) in [4.78, 5) is 8.47. The average molecular weight is 194 g/mol. The Morgan fingerprint density at radius 1 is 1.43 bits per heavy atom. The first-order valence-corrected chi connectivity index (χ1v) is 4.81. The molecule has 4 heteroatoms. The van der Waals surface area contributed by atoms with Crippen molar-refractivity contribution in [3.05, 3.63) is 18.1 Å². The van der Waals surface area contributed by atoms with E-state index in [1.54, 1.807) is 6.20 Å². The Morgan fingerprint density at radius 3 is 2.71 bits per heavy atom. The van der Waals surface area contributed by atoms with Crippen LogP contribution in [0.4, 0.5) is 5.82 Å². The summed E-state index contributed by atoms with van der Waals surface area (Å²) in [5.74, 6) is 1.65. The standard InChI is InChI=1S/C10H18N4/c1-10(2,3)14-9-5-7-12-8(13-9)4-6-11/h5,7H,4,6,11H2,1-3H3,(H,12,13,14). The van der Waals surface area contributed by atoms with Crippen LogP contribution in [0.3, 0.4) is 0 Å². The van der Waals surface area contributed by atoms with Crippen molar-refractivity contribution >= 4 is 5.82 Å². The molecule has 1 aromatic rings. The predicted molar refractivity (Wildman–Crippen MR) is 58.2 cm³/mol. The summed E-state index contributed by atoms with van der Waals surface area (Å²) in [6, 6.07) is 1.87. The lowest BCUT2D eigenvalue weighted by molar-refractivity contribution is 0.629. The molecule has 0 bridgehead atoms. The molecule has 0 aliphatic heterocycles. The van der Waals surface area contributed by atoms with Gasteiger partial charge in [-0.1, -0.05) is 0 Å². The molecule has 3 N–H and O–H groups in total. The second-order valence-corrected chi connectivity index (χ2v) is 4.27. The van der Waals surface area contributed by atoms with Gasteiger partial charge >= 0.3 is 0 Å². The van der Waals surface area contributed by atoms with Crippen LogP contribution in [0.15, 0.2) is 12.3 Å². The third kappa shape index (κ3) is 3.70. The minimum absolute atomic E-state index is 0.0222. The highest BCUT2D eigenvalue weighted by atomic mass is 15.1. The van der Waals surface area contributed by atoms with Gasteiger partial charge in [-0.15, -0.1) is 0 Å². The molecule has 0 aliphatic carbocycles. The van der Waals surface area contributed by atoms with E-state index in [0.717, 1.165) is 18.1 Å².